The summed E-state index contributed by atoms with van der Waals surface area (Å²) < 4.78 is 0. The first-order valence-corrected chi connectivity index (χ1v) is 8.23. The number of aliphatic hydroxyl groups is 1. The molecule has 0 spiro atoms. The summed E-state index contributed by atoms with van der Waals surface area (Å²) in [6.07, 6.45) is 4.47. The van der Waals surface area contributed by atoms with Crippen LogP contribution in [0.3, 0.4) is 0 Å². The van der Waals surface area contributed by atoms with Crippen LogP contribution in [0.25, 0.3) is 0 Å². The van der Waals surface area contributed by atoms with Crippen molar-refractivity contribution in [2.75, 3.05) is 6.61 Å². The van der Waals surface area contributed by atoms with Crippen LogP contribution >= 0.6 is 11.3 Å². The lowest BCUT2D eigenvalue weighted by Gasteiger charge is -2.18. The van der Waals surface area contributed by atoms with Crippen LogP contribution in [0.4, 0.5) is 0 Å². The lowest BCUT2D eigenvalue weighted by atomic mass is 9.95. The van der Waals surface area contributed by atoms with Crippen LogP contribution in [-0.4, -0.2) is 17.6 Å². The fourth-order valence-corrected chi connectivity index (χ4v) is 3.97. The number of rotatable bonds is 4. The van der Waals surface area contributed by atoms with Crippen molar-refractivity contribution >= 4 is 17.2 Å². The topological polar surface area (TPSA) is 49.3 Å². The minimum absolute atomic E-state index is 0.0719. The lowest BCUT2D eigenvalue weighted by Crippen LogP contribution is -2.31. The first-order chi connectivity index (χ1) is 10.3. The fourth-order valence-electron chi connectivity index (χ4n) is 2.84. The third kappa shape index (κ3) is 3.01. The number of benzene rings is 1. The van der Waals surface area contributed by atoms with Gasteiger partial charge >= 0.3 is 0 Å². The minimum atomic E-state index is -0.349. The first-order valence-electron chi connectivity index (χ1n) is 7.35. The van der Waals surface area contributed by atoms with E-state index in [-0.39, 0.29) is 18.6 Å². The van der Waals surface area contributed by atoms with E-state index < -0.39 is 0 Å². The van der Waals surface area contributed by atoms with Crippen LogP contribution in [0.5, 0.6) is 0 Å². The number of nitrogens with one attached hydrogen (secondary N) is 1. The number of amides is 1. The second-order valence-electron chi connectivity index (χ2n) is 5.38. The van der Waals surface area contributed by atoms with Gasteiger partial charge in [-0.25, -0.2) is 0 Å². The zero-order chi connectivity index (χ0) is 14.7. The zero-order valence-corrected chi connectivity index (χ0v) is 12.7. The van der Waals surface area contributed by atoms with Gasteiger partial charge in [-0.3, -0.25) is 4.79 Å². The normalized spacial score (nSPS) is 15.3. The van der Waals surface area contributed by atoms with Crippen LogP contribution in [-0.2, 0) is 12.8 Å². The molecule has 1 atom stereocenters. The molecule has 3 nitrogen and oxygen atoms in total. The van der Waals surface area contributed by atoms with Crippen LogP contribution < -0.4 is 5.32 Å². The van der Waals surface area contributed by atoms with Gasteiger partial charge in [0.2, 0.25) is 0 Å². The molecule has 1 heterocycles. The lowest BCUT2D eigenvalue weighted by molar-refractivity contribution is 0.0915. The second kappa shape index (κ2) is 6.41. The molecule has 0 fully saturated rings. The molecule has 0 bridgehead atoms. The van der Waals surface area contributed by atoms with Gasteiger partial charge in [0.1, 0.15) is 0 Å². The number of thiophene rings is 1. The largest absolute Gasteiger partial charge is 0.394 e. The number of fused-ring (bicyclic) bond motifs is 1. The molecule has 1 aliphatic rings. The highest BCUT2D eigenvalue weighted by Gasteiger charge is 2.22. The summed E-state index contributed by atoms with van der Waals surface area (Å²) in [4.78, 5) is 13.9. The summed E-state index contributed by atoms with van der Waals surface area (Å²) in [7, 11) is 0. The Hall–Kier alpha value is -1.65. The standard InChI is InChI=1S/C17H19NO2S/c19-10-15(12-6-2-1-3-7-12)18-17(20)14-11-21-16-9-5-4-8-13(14)16/h1-3,6-7,11,15,19H,4-5,8-10H2,(H,18,20)/t15-/m0/s1. The first kappa shape index (κ1) is 14.3. The molecule has 0 saturated carbocycles. The van der Waals surface area contributed by atoms with Crippen molar-refractivity contribution in [1.29, 1.82) is 0 Å². The van der Waals surface area contributed by atoms with Crippen molar-refractivity contribution in [3.8, 4) is 0 Å². The second-order valence-corrected chi connectivity index (χ2v) is 6.34. The van der Waals surface area contributed by atoms with Crippen molar-refractivity contribution in [3.63, 3.8) is 0 Å². The van der Waals surface area contributed by atoms with Gasteiger partial charge in [0.15, 0.2) is 0 Å². The predicted octanol–water partition coefficient (Wildman–Crippen LogP) is 3.09. The van der Waals surface area contributed by atoms with Crippen molar-refractivity contribution in [2.24, 2.45) is 0 Å². The van der Waals surface area contributed by atoms with Crippen LogP contribution in [0.2, 0.25) is 0 Å². The average Bonchev–Trinajstić information content (AvgIpc) is 2.97. The van der Waals surface area contributed by atoms with Gasteiger partial charge in [-0.15, -0.1) is 11.3 Å². The van der Waals surface area contributed by atoms with E-state index in [0.717, 1.165) is 30.4 Å². The van der Waals surface area contributed by atoms with E-state index in [1.807, 2.05) is 35.7 Å². The van der Waals surface area contributed by atoms with Crippen molar-refractivity contribution in [2.45, 2.75) is 31.7 Å². The van der Waals surface area contributed by atoms with E-state index in [1.54, 1.807) is 11.3 Å². The molecular weight excluding hydrogens is 282 g/mol. The molecule has 110 valence electrons. The van der Waals surface area contributed by atoms with Crippen LogP contribution in [0.15, 0.2) is 35.7 Å². The summed E-state index contributed by atoms with van der Waals surface area (Å²) in [5.74, 6) is -0.0719. The predicted molar refractivity (Wildman–Crippen MR) is 84.7 cm³/mol. The van der Waals surface area contributed by atoms with Gasteiger partial charge in [-0.05, 0) is 36.8 Å². The van der Waals surface area contributed by atoms with Crippen molar-refractivity contribution in [3.05, 3.63) is 57.3 Å². The Balaban J connectivity index is 1.78. The smallest absolute Gasteiger partial charge is 0.252 e. The van der Waals surface area contributed by atoms with E-state index in [9.17, 15) is 9.90 Å². The molecule has 1 amide bonds. The van der Waals surface area contributed by atoms with Gasteiger partial charge in [0.25, 0.3) is 5.91 Å². The number of hydrogen-bond acceptors (Lipinski definition) is 3. The maximum absolute atomic E-state index is 12.5. The summed E-state index contributed by atoms with van der Waals surface area (Å²) in [5, 5.41) is 14.5. The number of carbonyl (C=O) groups excluding carboxylic acids is 1. The Bertz CT molecular complexity index is 621. The number of hydrogen-bond donors (Lipinski definition) is 2. The monoisotopic (exact) mass is 301 g/mol. The maximum atomic E-state index is 12.5. The highest BCUT2D eigenvalue weighted by Crippen LogP contribution is 2.30. The molecule has 1 aliphatic carbocycles. The molecule has 1 aromatic carbocycles. The van der Waals surface area contributed by atoms with E-state index in [4.69, 9.17) is 0 Å². The van der Waals surface area contributed by atoms with E-state index >= 15 is 0 Å². The molecule has 2 N–H and O–H groups in total. The van der Waals surface area contributed by atoms with Crippen molar-refractivity contribution in [1.82, 2.24) is 5.32 Å². The highest BCUT2D eigenvalue weighted by molar-refractivity contribution is 7.10. The molecule has 0 unspecified atom stereocenters. The van der Waals surface area contributed by atoms with Gasteiger partial charge in [-0.1, -0.05) is 30.3 Å². The Labute approximate surface area is 128 Å². The molecule has 21 heavy (non-hydrogen) atoms. The molecule has 0 radical (unpaired) electrons. The molecule has 0 aliphatic heterocycles. The molecule has 1 aromatic heterocycles. The Morgan fingerprint density at radius 2 is 2.00 bits per heavy atom. The fraction of sp³-hybridized carbons (Fsp3) is 0.353. The van der Waals surface area contributed by atoms with Gasteiger partial charge in [0, 0.05) is 10.3 Å². The summed E-state index contributed by atoms with van der Waals surface area (Å²) in [5.41, 5.74) is 2.94. The third-order valence-electron chi connectivity index (χ3n) is 4.00. The minimum Gasteiger partial charge on any atom is -0.394 e. The summed E-state index contributed by atoms with van der Waals surface area (Å²) in [6, 6.07) is 9.24. The number of carbonyl (C=O) groups is 1. The van der Waals surface area contributed by atoms with Crippen molar-refractivity contribution < 1.29 is 9.90 Å². The van der Waals surface area contributed by atoms with E-state index in [1.165, 1.54) is 16.9 Å². The average molecular weight is 301 g/mol. The zero-order valence-electron chi connectivity index (χ0n) is 11.8. The van der Waals surface area contributed by atoms with Crippen LogP contribution in [0, 0.1) is 0 Å². The maximum Gasteiger partial charge on any atom is 0.252 e. The van der Waals surface area contributed by atoms with Crippen LogP contribution in [0.1, 0.15) is 45.2 Å². The molecule has 3 rings (SSSR count). The Kier molecular flexibility index (Phi) is 4.36. The highest BCUT2D eigenvalue weighted by atomic mass is 32.1. The third-order valence-corrected chi connectivity index (χ3v) is 5.08. The molecule has 4 heteroatoms. The summed E-state index contributed by atoms with van der Waals surface area (Å²) >= 11 is 1.69. The van der Waals surface area contributed by atoms with Gasteiger partial charge < -0.3 is 10.4 Å². The molecule has 2 aromatic rings. The SMILES string of the molecule is O=C(N[C@@H](CO)c1ccccc1)c1csc2c1CCCC2. The molecular formula is C17H19NO2S. The summed E-state index contributed by atoms with van der Waals surface area (Å²) in [6.45, 7) is -0.0952. The Morgan fingerprint density at radius 1 is 1.24 bits per heavy atom. The molecule has 0 saturated heterocycles. The Morgan fingerprint density at radius 3 is 2.76 bits per heavy atom. The van der Waals surface area contributed by atoms with Gasteiger partial charge in [0.05, 0.1) is 18.2 Å². The number of aryl methyl sites for hydroxylation is 1. The van der Waals surface area contributed by atoms with E-state index in [0.29, 0.717) is 0 Å². The number of aliphatic hydroxyl groups excluding tert-OH is 1. The van der Waals surface area contributed by atoms with E-state index in [2.05, 4.69) is 5.32 Å². The van der Waals surface area contributed by atoms with Gasteiger partial charge in [-0.2, -0.15) is 0 Å². The quantitative estimate of drug-likeness (QED) is 0.911.